The molecule has 0 aliphatic rings. The molecule has 2 aromatic rings. The molecule has 2 aromatic heterocycles. The highest BCUT2D eigenvalue weighted by molar-refractivity contribution is 9.10. The van der Waals surface area contributed by atoms with E-state index in [1.165, 1.54) is 0 Å². The Hall–Kier alpha value is -1.40. The van der Waals surface area contributed by atoms with Gasteiger partial charge in [-0.05, 0) is 42.8 Å². The summed E-state index contributed by atoms with van der Waals surface area (Å²) >= 11 is 3.57. The average Bonchev–Trinajstić information content (AvgIpc) is 2.66. The summed E-state index contributed by atoms with van der Waals surface area (Å²) in [6.07, 6.45) is 1.87. The van der Waals surface area contributed by atoms with Crippen molar-refractivity contribution in [1.29, 1.82) is 0 Å². The maximum atomic E-state index is 5.72. The third kappa shape index (κ3) is 4.04. The second-order valence-electron chi connectivity index (χ2n) is 5.21. The van der Waals surface area contributed by atoms with Gasteiger partial charge in [0.1, 0.15) is 0 Å². The molecule has 114 valence electrons. The molecule has 21 heavy (non-hydrogen) atoms. The molecular formula is C15H21BrN4O. The molecule has 0 aliphatic carbocycles. The van der Waals surface area contributed by atoms with Crippen molar-refractivity contribution in [2.24, 2.45) is 7.05 Å². The molecule has 0 atom stereocenters. The summed E-state index contributed by atoms with van der Waals surface area (Å²) in [4.78, 5) is 4.29. The summed E-state index contributed by atoms with van der Waals surface area (Å²) in [7, 11) is 1.95. The maximum Gasteiger partial charge on any atom is 0.218 e. The van der Waals surface area contributed by atoms with E-state index in [4.69, 9.17) is 4.74 Å². The highest BCUT2D eigenvalue weighted by Crippen LogP contribution is 2.20. The van der Waals surface area contributed by atoms with Gasteiger partial charge in [0.05, 0.1) is 22.0 Å². The van der Waals surface area contributed by atoms with E-state index in [0.29, 0.717) is 12.4 Å². The van der Waals surface area contributed by atoms with Crippen molar-refractivity contribution in [3.63, 3.8) is 0 Å². The fourth-order valence-corrected chi connectivity index (χ4v) is 2.55. The zero-order chi connectivity index (χ0) is 15.4. The van der Waals surface area contributed by atoms with Crippen molar-refractivity contribution in [1.82, 2.24) is 20.1 Å². The minimum absolute atomic E-state index is 0.118. The minimum Gasteiger partial charge on any atom is -0.475 e. The fraction of sp³-hybridized carbons (Fsp3) is 0.467. The van der Waals surface area contributed by atoms with Gasteiger partial charge in [0, 0.05) is 31.9 Å². The molecule has 6 heteroatoms. The zero-order valence-electron chi connectivity index (χ0n) is 12.9. The van der Waals surface area contributed by atoms with Crippen LogP contribution in [0.25, 0.3) is 0 Å². The van der Waals surface area contributed by atoms with Crippen molar-refractivity contribution in [2.45, 2.75) is 40.0 Å². The summed E-state index contributed by atoms with van der Waals surface area (Å²) in [5.41, 5.74) is 3.18. The molecule has 0 fully saturated rings. The summed E-state index contributed by atoms with van der Waals surface area (Å²) in [5.74, 6) is 0.695. The predicted octanol–water partition coefficient (Wildman–Crippen LogP) is 2.96. The molecule has 2 rings (SSSR count). The number of rotatable bonds is 6. The lowest BCUT2D eigenvalue weighted by Crippen LogP contribution is -2.17. The second kappa shape index (κ2) is 7.04. The zero-order valence-corrected chi connectivity index (χ0v) is 14.4. The Balaban J connectivity index is 2.00. The normalized spacial score (nSPS) is 11.1. The standard InChI is InChI=1S/C15H21BrN4O/c1-10(2)21-15-12(6-5-7-18-15)8-17-9-13-14(16)11(3)19-20(13)4/h5-7,10,17H,8-9H2,1-4H3. The second-order valence-corrected chi connectivity index (χ2v) is 6.00. The van der Waals surface area contributed by atoms with E-state index in [0.717, 1.165) is 28.0 Å². The minimum atomic E-state index is 0.118. The Morgan fingerprint density at radius 3 is 2.76 bits per heavy atom. The molecule has 0 bridgehead atoms. The summed E-state index contributed by atoms with van der Waals surface area (Å²) in [5, 5.41) is 7.80. The van der Waals surface area contributed by atoms with Crippen LogP contribution in [0.3, 0.4) is 0 Å². The van der Waals surface area contributed by atoms with Gasteiger partial charge in [-0.15, -0.1) is 0 Å². The van der Waals surface area contributed by atoms with Crippen LogP contribution in [0.5, 0.6) is 5.88 Å². The largest absolute Gasteiger partial charge is 0.475 e. The summed E-state index contributed by atoms with van der Waals surface area (Å²) < 4.78 is 8.67. The van der Waals surface area contributed by atoms with E-state index in [9.17, 15) is 0 Å². The smallest absolute Gasteiger partial charge is 0.218 e. The molecule has 0 radical (unpaired) electrons. The first-order valence-electron chi connectivity index (χ1n) is 6.98. The Bertz CT molecular complexity index is 610. The molecule has 0 aliphatic heterocycles. The van der Waals surface area contributed by atoms with Gasteiger partial charge in [-0.1, -0.05) is 6.07 Å². The van der Waals surface area contributed by atoms with Crippen LogP contribution < -0.4 is 10.1 Å². The van der Waals surface area contributed by atoms with E-state index in [1.54, 1.807) is 6.20 Å². The van der Waals surface area contributed by atoms with Crippen LogP contribution in [0.1, 0.15) is 30.8 Å². The average molecular weight is 353 g/mol. The number of nitrogens with one attached hydrogen (secondary N) is 1. The molecule has 2 heterocycles. The number of hydrogen-bond donors (Lipinski definition) is 1. The maximum absolute atomic E-state index is 5.72. The Labute approximate surface area is 133 Å². The Kier molecular flexibility index (Phi) is 5.36. The lowest BCUT2D eigenvalue weighted by Gasteiger charge is -2.13. The molecule has 0 spiro atoms. The van der Waals surface area contributed by atoms with Crippen LogP contribution in [-0.4, -0.2) is 20.9 Å². The SMILES string of the molecule is Cc1nn(C)c(CNCc2cccnc2OC(C)C)c1Br. The highest BCUT2D eigenvalue weighted by Gasteiger charge is 2.11. The number of nitrogens with zero attached hydrogens (tertiary/aromatic N) is 3. The van der Waals surface area contributed by atoms with E-state index >= 15 is 0 Å². The molecule has 0 amide bonds. The van der Waals surface area contributed by atoms with Crippen LogP contribution in [0.15, 0.2) is 22.8 Å². The highest BCUT2D eigenvalue weighted by atomic mass is 79.9. The molecule has 5 nitrogen and oxygen atoms in total. The quantitative estimate of drug-likeness (QED) is 0.868. The van der Waals surface area contributed by atoms with Crippen LogP contribution in [-0.2, 0) is 20.1 Å². The third-order valence-corrected chi connectivity index (χ3v) is 4.10. The molecule has 0 unspecified atom stereocenters. The fourth-order valence-electron chi connectivity index (χ4n) is 2.08. The van der Waals surface area contributed by atoms with Crippen LogP contribution in [0.4, 0.5) is 0 Å². The number of halogens is 1. The van der Waals surface area contributed by atoms with Gasteiger partial charge >= 0.3 is 0 Å². The Morgan fingerprint density at radius 1 is 1.38 bits per heavy atom. The van der Waals surface area contributed by atoms with Gasteiger partial charge in [0.2, 0.25) is 5.88 Å². The summed E-state index contributed by atoms with van der Waals surface area (Å²) in [6, 6.07) is 3.95. The van der Waals surface area contributed by atoms with Crippen LogP contribution in [0, 0.1) is 6.92 Å². The first kappa shape index (κ1) is 16.0. The van der Waals surface area contributed by atoms with Gasteiger partial charge in [-0.2, -0.15) is 5.10 Å². The lowest BCUT2D eigenvalue weighted by atomic mass is 10.2. The van der Waals surface area contributed by atoms with Crippen molar-refractivity contribution in [3.8, 4) is 5.88 Å². The van der Waals surface area contributed by atoms with E-state index in [1.807, 2.05) is 44.6 Å². The van der Waals surface area contributed by atoms with E-state index in [2.05, 4.69) is 31.3 Å². The number of ether oxygens (including phenoxy) is 1. The number of aryl methyl sites for hydroxylation is 2. The van der Waals surface area contributed by atoms with Crippen molar-refractivity contribution >= 4 is 15.9 Å². The van der Waals surface area contributed by atoms with E-state index < -0.39 is 0 Å². The monoisotopic (exact) mass is 352 g/mol. The van der Waals surface area contributed by atoms with Gasteiger partial charge in [-0.25, -0.2) is 4.98 Å². The Morgan fingerprint density at radius 2 is 2.14 bits per heavy atom. The van der Waals surface area contributed by atoms with Crippen molar-refractivity contribution in [3.05, 3.63) is 39.8 Å². The summed E-state index contributed by atoms with van der Waals surface area (Å²) in [6.45, 7) is 7.42. The van der Waals surface area contributed by atoms with Crippen LogP contribution >= 0.6 is 15.9 Å². The van der Waals surface area contributed by atoms with Crippen molar-refractivity contribution in [2.75, 3.05) is 0 Å². The number of hydrogen-bond acceptors (Lipinski definition) is 4. The first-order valence-corrected chi connectivity index (χ1v) is 7.77. The molecular weight excluding hydrogens is 332 g/mol. The number of aromatic nitrogens is 3. The molecule has 0 saturated carbocycles. The van der Waals surface area contributed by atoms with Gasteiger partial charge in [-0.3, -0.25) is 4.68 Å². The van der Waals surface area contributed by atoms with E-state index in [-0.39, 0.29) is 6.10 Å². The lowest BCUT2D eigenvalue weighted by molar-refractivity contribution is 0.229. The van der Waals surface area contributed by atoms with Crippen molar-refractivity contribution < 1.29 is 4.74 Å². The van der Waals surface area contributed by atoms with Gasteiger partial charge in [0.25, 0.3) is 0 Å². The van der Waals surface area contributed by atoms with Gasteiger partial charge < -0.3 is 10.1 Å². The third-order valence-electron chi connectivity index (χ3n) is 3.07. The number of pyridine rings is 1. The first-order chi connectivity index (χ1) is 9.99. The molecule has 0 aromatic carbocycles. The predicted molar refractivity (Wildman–Crippen MR) is 86.2 cm³/mol. The molecule has 1 N–H and O–H groups in total. The van der Waals surface area contributed by atoms with Gasteiger partial charge in [0.15, 0.2) is 0 Å². The topological polar surface area (TPSA) is 52.0 Å². The van der Waals surface area contributed by atoms with Crippen LogP contribution in [0.2, 0.25) is 0 Å². The molecule has 0 saturated heterocycles.